The summed E-state index contributed by atoms with van der Waals surface area (Å²) in [7, 11) is 0. The fraction of sp³-hybridized carbons (Fsp3) is 0.945. The van der Waals surface area contributed by atoms with Gasteiger partial charge in [0.15, 0.2) is 6.10 Å². The van der Waals surface area contributed by atoms with Crippen LogP contribution < -0.4 is 0 Å². The summed E-state index contributed by atoms with van der Waals surface area (Å²) in [4.78, 5) is 37.9. The van der Waals surface area contributed by atoms with E-state index in [-0.39, 0.29) is 31.1 Å². The fourth-order valence-electron chi connectivity index (χ4n) is 8.31. The minimum absolute atomic E-state index is 0.0633. The molecular formula is C55H106O6. The molecule has 0 amide bonds. The van der Waals surface area contributed by atoms with Crippen molar-refractivity contribution in [2.45, 2.75) is 310 Å². The largest absolute Gasteiger partial charge is 0.462 e. The first kappa shape index (κ1) is 59.4. The van der Waals surface area contributed by atoms with Gasteiger partial charge in [0.2, 0.25) is 0 Å². The van der Waals surface area contributed by atoms with Crippen molar-refractivity contribution in [2.75, 3.05) is 13.2 Å². The number of carbonyl (C=O) groups is 3. The monoisotopic (exact) mass is 863 g/mol. The molecule has 0 aromatic heterocycles. The fourth-order valence-corrected chi connectivity index (χ4v) is 8.31. The molecule has 0 aliphatic heterocycles. The van der Waals surface area contributed by atoms with Gasteiger partial charge in [0.05, 0.1) is 0 Å². The lowest BCUT2D eigenvalue weighted by atomic mass is 9.99. The smallest absolute Gasteiger partial charge is 0.306 e. The van der Waals surface area contributed by atoms with E-state index in [9.17, 15) is 14.4 Å². The Bertz CT molecular complexity index is 933. The van der Waals surface area contributed by atoms with Gasteiger partial charge >= 0.3 is 17.9 Å². The molecule has 0 fully saturated rings. The first-order valence-electron chi connectivity index (χ1n) is 27.3. The lowest BCUT2D eigenvalue weighted by Crippen LogP contribution is -2.30. The molecule has 362 valence electrons. The second-order valence-electron chi connectivity index (χ2n) is 19.6. The predicted octanol–water partition coefficient (Wildman–Crippen LogP) is 17.7. The number of hydrogen-bond donors (Lipinski definition) is 0. The number of carbonyl (C=O) groups excluding carboxylic acids is 3. The summed E-state index contributed by atoms with van der Waals surface area (Å²) in [5.74, 6) is 0.888. The summed E-state index contributed by atoms with van der Waals surface area (Å²) < 4.78 is 16.8. The molecule has 0 saturated carbocycles. The van der Waals surface area contributed by atoms with Crippen molar-refractivity contribution in [1.29, 1.82) is 0 Å². The van der Waals surface area contributed by atoms with Crippen LogP contribution in [-0.2, 0) is 28.6 Å². The molecule has 0 heterocycles. The Kier molecular flexibility index (Phi) is 46.6. The van der Waals surface area contributed by atoms with Crippen LogP contribution in [0.1, 0.15) is 304 Å². The zero-order chi connectivity index (χ0) is 44.7. The van der Waals surface area contributed by atoms with Gasteiger partial charge in [0.25, 0.3) is 0 Å². The maximum absolute atomic E-state index is 12.8. The highest BCUT2D eigenvalue weighted by Gasteiger charge is 2.19. The van der Waals surface area contributed by atoms with Gasteiger partial charge in [-0.2, -0.15) is 0 Å². The molecule has 61 heavy (non-hydrogen) atoms. The van der Waals surface area contributed by atoms with Crippen LogP contribution in [0.3, 0.4) is 0 Å². The molecule has 0 spiro atoms. The van der Waals surface area contributed by atoms with E-state index < -0.39 is 6.10 Å². The highest BCUT2D eigenvalue weighted by Crippen LogP contribution is 2.18. The van der Waals surface area contributed by atoms with Gasteiger partial charge in [-0.15, -0.1) is 0 Å². The minimum Gasteiger partial charge on any atom is -0.462 e. The van der Waals surface area contributed by atoms with Crippen molar-refractivity contribution in [3.63, 3.8) is 0 Å². The van der Waals surface area contributed by atoms with Crippen LogP contribution >= 0.6 is 0 Å². The van der Waals surface area contributed by atoms with Gasteiger partial charge in [-0.1, -0.05) is 266 Å². The zero-order valence-corrected chi connectivity index (χ0v) is 41.8. The molecule has 0 saturated heterocycles. The van der Waals surface area contributed by atoms with Crippen molar-refractivity contribution in [2.24, 2.45) is 11.8 Å². The number of unbranched alkanes of at least 4 members (excludes halogenated alkanes) is 33. The second-order valence-corrected chi connectivity index (χ2v) is 19.6. The molecule has 0 rings (SSSR count). The van der Waals surface area contributed by atoms with E-state index in [1.165, 1.54) is 193 Å². The van der Waals surface area contributed by atoms with Gasteiger partial charge < -0.3 is 14.2 Å². The van der Waals surface area contributed by atoms with Crippen LogP contribution in [0, 0.1) is 11.8 Å². The summed E-state index contributed by atoms with van der Waals surface area (Å²) >= 11 is 0. The average molecular weight is 863 g/mol. The molecule has 0 aromatic rings. The van der Waals surface area contributed by atoms with E-state index >= 15 is 0 Å². The highest BCUT2D eigenvalue weighted by atomic mass is 16.6. The van der Waals surface area contributed by atoms with Gasteiger partial charge in [-0.3, -0.25) is 14.4 Å². The van der Waals surface area contributed by atoms with Crippen molar-refractivity contribution in [3.05, 3.63) is 0 Å². The summed E-state index contributed by atoms with van der Waals surface area (Å²) in [6, 6.07) is 0. The molecule has 0 aromatic carbocycles. The van der Waals surface area contributed by atoms with E-state index in [1.807, 2.05) is 0 Å². The minimum atomic E-state index is -0.761. The first-order chi connectivity index (χ1) is 29.8. The molecule has 0 N–H and O–H groups in total. The Hall–Kier alpha value is -1.59. The molecule has 6 nitrogen and oxygen atoms in total. The predicted molar refractivity (Wildman–Crippen MR) is 261 cm³/mol. The lowest BCUT2D eigenvalue weighted by Gasteiger charge is -2.18. The SMILES string of the molecule is CCCCCCCCCCCC(=O)OC[C@H](COC(=O)CCCCCCCCCCCCCCCC(C)C)OC(=O)CCCCCCCCCCCCCCCCC(C)CC. The normalized spacial score (nSPS) is 12.5. The van der Waals surface area contributed by atoms with Crippen molar-refractivity contribution >= 4 is 17.9 Å². The highest BCUT2D eigenvalue weighted by molar-refractivity contribution is 5.71. The first-order valence-corrected chi connectivity index (χ1v) is 27.3. The third kappa shape index (κ3) is 47.7. The maximum atomic E-state index is 12.8. The molecule has 6 heteroatoms. The number of hydrogen-bond acceptors (Lipinski definition) is 6. The van der Waals surface area contributed by atoms with Gasteiger partial charge in [0, 0.05) is 19.3 Å². The molecular weight excluding hydrogens is 757 g/mol. The number of rotatable bonds is 49. The van der Waals surface area contributed by atoms with E-state index in [2.05, 4.69) is 34.6 Å². The average Bonchev–Trinajstić information content (AvgIpc) is 3.24. The third-order valence-electron chi connectivity index (χ3n) is 12.8. The van der Waals surface area contributed by atoms with Crippen LogP contribution in [0.5, 0.6) is 0 Å². The molecule has 0 aliphatic rings. The summed E-state index contributed by atoms with van der Waals surface area (Å²) in [5.41, 5.74) is 0. The van der Waals surface area contributed by atoms with Crippen LogP contribution in [0.2, 0.25) is 0 Å². The quantitative estimate of drug-likeness (QED) is 0.0344. The summed E-state index contributed by atoms with van der Waals surface area (Å²) in [5, 5.41) is 0. The lowest BCUT2D eigenvalue weighted by molar-refractivity contribution is -0.167. The van der Waals surface area contributed by atoms with Crippen LogP contribution in [0.4, 0.5) is 0 Å². The van der Waals surface area contributed by atoms with Crippen LogP contribution in [-0.4, -0.2) is 37.2 Å². The van der Waals surface area contributed by atoms with Gasteiger partial charge in [-0.05, 0) is 31.1 Å². The molecule has 0 radical (unpaired) electrons. The second kappa shape index (κ2) is 47.9. The van der Waals surface area contributed by atoms with E-state index in [4.69, 9.17) is 14.2 Å². The molecule has 2 atom stereocenters. The van der Waals surface area contributed by atoms with Gasteiger partial charge in [-0.25, -0.2) is 0 Å². The van der Waals surface area contributed by atoms with E-state index in [0.29, 0.717) is 19.3 Å². The molecule has 0 aliphatic carbocycles. The standard InChI is InChI=1S/C55H106O6/c1-6-8-9-10-11-23-30-35-40-45-53(56)59-48-52(49-60-54(57)46-41-36-31-26-21-18-14-15-19-24-28-33-38-43-50(3)4)61-55(58)47-42-37-32-27-22-17-13-12-16-20-25-29-34-39-44-51(5)7-2/h50-52H,6-49H2,1-5H3/t51?,52-/m1/s1. The zero-order valence-electron chi connectivity index (χ0n) is 41.8. The summed E-state index contributed by atoms with van der Waals surface area (Å²) in [6.07, 6.45) is 49.4. The number of esters is 3. The van der Waals surface area contributed by atoms with E-state index in [1.54, 1.807) is 0 Å². The van der Waals surface area contributed by atoms with Gasteiger partial charge in [0.1, 0.15) is 13.2 Å². The Morgan fingerprint density at radius 3 is 0.934 bits per heavy atom. The van der Waals surface area contributed by atoms with Crippen LogP contribution in [0.15, 0.2) is 0 Å². The summed E-state index contributed by atoms with van der Waals surface area (Å²) in [6.45, 7) is 11.4. The van der Waals surface area contributed by atoms with Crippen LogP contribution in [0.25, 0.3) is 0 Å². The van der Waals surface area contributed by atoms with Crippen molar-refractivity contribution in [3.8, 4) is 0 Å². The van der Waals surface area contributed by atoms with Crippen molar-refractivity contribution in [1.82, 2.24) is 0 Å². The van der Waals surface area contributed by atoms with Crippen molar-refractivity contribution < 1.29 is 28.6 Å². The Morgan fingerprint density at radius 2 is 0.623 bits per heavy atom. The Morgan fingerprint density at radius 1 is 0.344 bits per heavy atom. The Balaban J connectivity index is 4.24. The topological polar surface area (TPSA) is 78.9 Å². The maximum Gasteiger partial charge on any atom is 0.306 e. The molecule has 0 bridgehead atoms. The third-order valence-corrected chi connectivity index (χ3v) is 12.8. The number of ether oxygens (including phenoxy) is 3. The Labute approximate surface area is 380 Å². The van der Waals surface area contributed by atoms with E-state index in [0.717, 1.165) is 69.6 Å². The molecule has 1 unspecified atom stereocenters.